The zero-order valence-corrected chi connectivity index (χ0v) is 13.6. The fourth-order valence-corrected chi connectivity index (χ4v) is 3.86. The Kier molecular flexibility index (Phi) is 4.36. The van der Waals surface area contributed by atoms with E-state index >= 15 is 0 Å². The summed E-state index contributed by atoms with van der Waals surface area (Å²) >= 11 is 3.46. The molecule has 3 aromatic rings. The van der Waals surface area contributed by atoms with Crippen LogP contribution in [0.15, 0.2) is 41.0 Å². The zero-order valence-electron chi connectivity index (χ0n) is 12.0. The number of aryl methyl sites for hydroxylation is 2. The van der Waals surface area contributed by atoms with Gasteiger partial charge in [-0.25, -0.2) is 4.98 Å². The first kappa shape index (κ1) is 14.3. The molecule has 0 amide bonds. The van der Waals surface area contributed by atoms with Crippen LogP contribution in [0.25, 0.3) is 11.4 Å². The van der Waals surface area contributed by atoms with Gasteiger partial charge in [0, 0.05) is 23.2 Å². The van der Waals surface area contributed by atoms with Crippen molar-refractivity contribution in [3.8, 4) is 11.4 Å². The predicted octanol–water partition coefficient (Wildman–Crippen LogP) is 3.58. The van der Waals surface area contributed by atoms with Crippen molar-refractivity contribution >= 4 is 23.1 Å². The van der Waals surface area contributed by atoms with Crippen molar-refractivity contribution < 1.29 is 0 Å². The minimum Gasteiger partial charge on any atom is -0.305 e. The minimum absolute atomic E-state index is 0.909. The van der Waals surface area contributed by atoms with Crippen LogP contribution in [0.4, 0.5) is 0 Å². The van der Waals surface area contributed by atoms with Crippen molar-refractivity contribution in [1.29, 1.82) is 0 Å². The Morgan fingerprint density at radius 1 is 1.19 bits per heavy atom. The molecule has 0 saturated heterocycles. The van der Waals surface area contributed by atoms with Crippen molar-refractivity contribution in [2.24, 2.45) is 7.05 Å². The molecule has 0 bridgehead atoms. The fraction of sp³-hybridized carbons (Fsp3) is 0.267. The maximum atomic E-state index is 4.30. The summed E-state index contributed by atoms with van der Waals surface area (Å²) < 4.78 is 2.06. The molecule has 0 aliphatic carbocycles. The summed E-state index contributed by atoms with van der Waals surface area (Å²) in [6.07, 6.45) is 1.02. The van der Waals surface area contributed by atoms with Crippen LogP contribution < -0.4 is 0 Å². The molecule has 0 aliphatic rings. The van der Waals surface area contributed by atoms with Gasteiger partial charge in [-0.2, -0.15) is 0 Å². The molecule has 0 unspecified atom stereocenters. The summed E-state index contributed by atoms with van der Waals surface area (Å²) in [5, 5.41) is 9.55. The van der Waals surface area contributed by atoms with Crippen LogP contribution in [-0.4, -0.2) is 25.5 Å². The Bertz CT molecular complexity index is 718. The average molecular weight is 316 g/mol. The largest absolute Gasteiger partial charge is 0.305 e. The first-order valence-corrected chi connectivity index (χ1v) is 8.59. The molecule has 0 spiro atoms. The molecular weight excluding hydrogens is 300 g/mol. The van der Waals surface area contributed by atoms with Crippen molar-refractivity contribution in [3.63, 3.8) is 0 Å². The molecule has 21 heavy (non-hydrogen) atoms. The van der Waals surface area contributed by atoms with Gasteiger partial charge >= 0.3 is 0 Å². The van der Waals surface area contributed by atoms with Gasteiger partial charge in [0.15, 0.2) is 11.0 Å². The number of benzene rings is 1. The SMILES string of the molecule is Cc1ncsc1CCSc1nnc(-c2ccccc2)n1C. The van der Waals surface area contributed by atoms with E-state index in [1.165, 1.54) is 4.88 Å². The molecule has 0 radical (unpaired) electrons. The number of nitrogens with zero attached hydrogens (tertiary/aromatic N) is 4. The number of thiazole rings is 1. The molecule has 0 fully saturated rings. The second-order valence-electron chi connectivity index (χ2n) is 4.69. The smallest absolute Gasteiger partial charge is 0.191 e. The van der Waals surface area contributed by atoms with E-state index in [0.29, 0.717) is 0 Å². The maximum Gasteiger partial charge on any atom is 0.191 e. The quantitative estimate of drug-likeness (QED) is 0.675. The van der Waals surface area contributed by atoms with Crippen LogP contribution in [-0.2, 0) is 13.5 Å². The maximum absolute atomic E-state index is 4.30. The van der Waals surface area contributed by atoms with Crippen molar-refractivity contribution in [3.05, 3.63) is 46.4 Å². The summed E-state index contributed by atoms with van der Waals surface area (Å²) in [5.74, 6) is 1.90. The van der Waals surface area contributed by atoms with Crippen LogP contribution in [0, 0.1) is 6.92 Å². The van der Waals surface area contributed by atoms with Crippen molar-refractivity contribution in [2.75, 3.05) is 5.75 Å². The summed E-state index contributed by atoms with van der Waals surface area (Å²) in [5.41, 5.74) is 4.15. The van der Waals surface area contributed by atoms with Gasteiger partial charge in [-0.15, -0.1) is 21.5 Å². The lowest BCUT2D eigenvalue weighted by Gasteiger charge is -2.03. The van der Waals surface area contributed by atoms with Crippen LogP contribution >= 0.6 is 23.1 Å². The van der Waals surface area contributed by atoms with E-state index < -0.39 is 0 Å². The van der Waals surface area contributed by atoms with Gasteiger partial charge in [0.05, 0.1) is 11.2 Å². The Hall–Kier alpha value is -1.66. The van der Waals surface area contributed by atoms with E-state index in [2.05, 4.69) is 38.8 Å². The molecule has 0 N–H and O–H groups in total. The van der Waals surface area contributed by atoms with Crippen LogP contribution in [0.1, 0.15) is 10.6 Å². The third-order valence-corrected chi connectivity index (χ3v) is 5.29. The van der Waals surface area contributed by atoms with E-state index in [-0.39, 0.29) is 0 Å². The minimum atomic E-state index is 0.909. The summed E-state index contributed by atoms with van der Waals surface area (Å²) in [6.45, 7) is 2.06. The Balaban J connectivity index is 1.67. The highest BCUT2D eigenvalue weighted by Crippen LogP contribution is 2.24. The Morgan fingerprint density at radius 3 is 2.71 bits per heavy atom. The van der Waals surface area contributed by atoms with Crippen molar-refractivity contribution in [1.82, 2.24) is 19.7 Å². The van der Waals surface area contributed by atoms with Crippen molar-refractivity contribution in [2.45, 2.75) is 18.5 Å². The fourth-order valence-electron chi connectivity index (χ4n) is 2.08. The average Bonchev–Trinajstić information content (AvgIpc) is 3.07. The molecule has 3 rings (SSSR count). The third-order valence-electron chi connectivity index (χ3n) is 3.27. The zero-order chi connectivity index (χ0) is 14.7. The topological polar surface area (TPSA) is 43.6 Å². The van der Waals surface area contributed by atoms with E-state index in [1.54, 1.807) is 23.1 Å². The molecule has 108 valence electrons. The number of rotatable bonds is 5. The van der Waals surface area contributed by atoms with Crippen LogP contribution in [0.2, 0.25) is 0 Å². The number of hydrogen-bond acceptors (Lipinski definition) is 5. The van der Waals surface area contributed by atoms with E-state index in [1.807, 2.05) is 30.8 Å². The highest BCUT2D eigenvalue weighted by atomic mass is 32.2. The normalized spacial score (nSPS) is 11.0. The summed E-state index contributed by atoms with van der Waals surface area (Å²) in [6, 6.07) is 10.2. The molecule has 2 aromatic heterocycles. The second-order valence-corrected chi connectivity index (χ2v) is 6.69. The summed E-state index contributed by atoms with van der Waals surface area (Å²) in [4.78, 5) is 5.63. The van der Waals surface area contributed by atoms with Gasteiger partial charge in [-0.05, 0) is 13.3 Å². The van der Waals surface area contributed by atoms with Crippen LogP contribution in [0.3, 0.4) is 0 Å². The molecule has 6 heteroatoms. The lowest BCUT2D eigenvalue weighted by molar-refractivity contribution is 0.793. The number of thioether (sulfide) groups is 1. The number of hydrogen-bond donors (Lipinski definition) is 0. The van der Waals surface area contributed by atoms with Gasteiger partial charge in [-0.1, -0.05) is 42.1 Å². The predicted molar refractivity (Wildman–Crippen MR) is 87.7 cm³/mol. The van der Waals surface area contributed by atoms with Gasteiger partial charge < -0.3 is 4.57 Å². The van der Waals surface area contributed by atoms with Gasteiger partial charge in [0.25, 0.3) is 0 Å². The monoisotopic (exact) mass is 316 g/mol. The molecule has 1 aromatic carbocycles. The lowest BCUT2D eigenvalue weighted by atomic mass is 10.2. The first-order valence-electron chi connectivity index (χ1n) is 6.72. The van der Waals surface area contributed by atoms with Gasteiger partial charge in [0.2, 0.25) is 0 Å². The van der Waals surface area contributed by atoms with E-state index in [9.17, 15) is 0 Å². The molecule has 4 nitrogen and oxygen atoms in total. The second kappa shape index (κ2) is 6.41. The van der Waals surface area contributed by atoms with Gasteiger partial charge in [-0.3, -0.25) is 0 Å². The van der Waals surface area contributed by atoms with E-state index in [4.69, 9.17) is 0 Å². The Morgan fingerprint density at radius 2 is 2.00 bits per heavy atom. The highest BCUT2D eigenvalue weighted by molar-refractivity contribution is 7.99. The first-order chi connectivity index (χ1) is 10.3. The molecule has 2 heterocycles. The highest BCUT2D eigenvalue weighted by Gasteiger charge is 2.11. The molecule has 0 aliphatic heterocycles. The lowest BCUT2D eigenvalue weighted by Crippen LogP contribution is -1.96. The standard InChI is InChI=1S/C15H16N4S2/c1-11-13(21-10-16-11)8-9-20-15-18-17-14(19(15)2)12-6-4-3-5-7-12/h3-7,10H,8-9H2,1-2H3. The third kappa shape index (κ3) is 3.16. The van der Waals surface area contributed by atoms with Gasteiger partial charge in [0.1, 0.15) is 0 Å². The van der Waals surface area contributed by atoms with E-state index in [0.717, 1.165) is 34.4 Å². The summed E-state index contributed by atoms with van der Waals surface area (Å²) in [7, 11) is 2.02. The molecule has 0 atom stereocenters. The number of aromatic nitrogens is 4. The molecule has 0 saturated carbocycles. The van der Waals surface area contributed by atoms with Crippen LogP contribution in [0.5, 0.6) is 0 Å². The Labute approximate surface area is 132 Å². The molecular formula is C15H16N4S2.